The summed E-state index contributed by atoms with van der Waals surface area (Å²) in [5, 5.41) is 13.8. The van der Waals surface area contributed by atoms with Gasteiger partial charge in [0.25, 0.3) is 6.26 Å². The first kappa shape index (κ1) is 8.94. The summed E-state index contributed by atoms with van der Waals surface area (Å²) in [6.07, 6.45) is 4.49. The molecule has 2 rings (SSSR count). The number of rotatable bonds is 0. The van der Waals surface area contributed by atoms with Gasteiger partial charge in [-0.3, -0.25) is 0 Å². The summed E-state index contributed by atoms with van der Waals surface area (Å²) < 4.78 is 0. The molecule has 0 spiro atoms. The second-order valence-corrected chi connectivity index (χ2v) is 2.19. The summed E-state index contributed by atoms with van der Waals surface area (Å²) in [7, 11) is 0. The predicted molar refractivity (Wildman–Crippen MR) is 46.8 cm³/mol. The average Bonchev–Trinajstić information content (AvgIpc) is 2.19. The molecule has 4 nitrogen and oxygen atoms in total. The Kier molecular flexibility index (Phi) is 3.21. The van der Waals surface area contributed by atoms with Crippen LogP contribution in [0.4, 0.5) is 0 Å². The molecule has 13 heavy (non-hydrogen) atoms. The van der Waals surface area contributed by atoms with Crippen LogP contribution in [-0.4, -0.2) is 5.11 Å². The van der Waals surface area contributed by atoms with Crippen molar-refractivity contribution in [2.75, 3.05) is 0 Å². The van der Waals surface area contributed by atoms with Gasteiger partial charge in [-0.1, -0.05) is 18.2 Å². The highest BCUT2D eigenvalue weighted by molar-refractivity contribution is 5.57. The Balaban J connectivity index is 0.000000251. The zero-order valence-electron chi connectivity index (χ0n) is 6.77. The van der Waals surface area contributed by atoms with E-state index in [1.54, 1.807) is 6.20 Å². The number of fused-ring (bicyclic) bond motifs is 1. The fourth-order valence-electron chi connectivity index (χ4n) is 0.932. The maximum Gasteiger partial charge on any atom is 0.283 e. The van der Waals surface area contributed by atoms with Gasteiger partial charge in [0.15, 0.2) is 5.75 Å². The third-order valence-corrected chi connectivity index (χ3v) is 1.42. The van der Waals surface area contributed by atoms with Crippen molar-refractivity contribution < 1.29 is 9.94 Å². The van der Waals surface area contributed by atoms with Crippen LogP contribution < -0.4 is 10.3 Å². The Morgan fingerprint density at radius 2 is 2.08 bits per heavy atom. The zero-order chi connectivity index (χ0) is 9.52. The summed E-state index contributed by atoms with van der Waals surface area (Å²) >= 11 is 0. The first-order valence-electron chi connectivity index (χ1n) is 3.59. The maximum absolute atomic E-state index is 6.88. The molecule has 0 amide bonds. The van der Waals surface area contributed by atoms with E-state index in [-0.39, 0.29) is 0 Å². The van der Waals surface area contributed by atoms with Crippen molar-refractivity contribution in [3.63, 3.8) is 0 Å². The van der Waals surface area contributed by atoms with Gasteiger partial charge in [0, 0.05) is 11.8 Å². The molecule has 0 aromatic heterocycles. The molecular formula is C9H8N2O2. The van der Waals surface area contributed by atoms with Gasteiger partial charge in [0.1, 0.15) is 0 Å². The van der Waals surface area contributed by atoms with Crippen LogP contribution in [0.3, 0.4) is 0 Å². The Labute approximate surface area is 75.6 Å². The van der Waals surface area contributed by atoms with E-state index in [1.807, 2.05) is 30.3 Å². The Bertz CT molecular complexity index is 342. The molecular weight excluding hydrogens is 168 g/mol. The average molecular weight is 176 g/mol. The third-order valence-electron chi connectivity index (χ3n) is 1.42. The topological polar surface area (TPSA) is 65.3 Å². The van der Waals surface area contributed by atoms with Crippen LogP contribution in [0.25, 0.3) is 6.08 Å². The van der Waals surface area contributed by atoms with E-state index in [2.05, 4.69) is 5.48 Å². The van der Waals surface area contributed by atoms with Crippen LogP contribution in [0, 0.1) is 11.5 Å². The molecule has 0 unspecified atom stereocenters. The van der Waals surface area contributed by atoms with Crippen molar-refractivity contribution in [2.45, 2.75) is 0 Å². The molecule has 1 heterocycles. The van der Waals surface area contributed by atoms with E-state index in [4.69, 9.17) is 15.2 Å². The number of hydrogen-bond acceptors (Lipinski definition) is 4. The highest BCUT2D eigenvalue weighted by atomic mass is 16.6. The molecule has 0 fully saturated rings. The predicted octanol–water partition coefficient (Wildman–Crippen LogP) is 1.39. The molecule has 0 saturated heterocycles. The molecule has 1 aliphatic rings. The fourth-order valence-corrected chi connectivity index (χ4v) is 0.932. The van der Waals surface area contributed by atoms with Crippen LogP contribution in [0.1, 0.15) is 5.56 Å². The van der Waals surface area contributed by atoms with Crippen molar-refractivity contribution >= 4 is 6.08 Å². The Morgan fingerprint density at radius 1 is 1.38 bits per heavy atom. The molecule has 0 saturated carbocycles. The summed E-state index contributed by atoms with van der Waals surface area (Å²) in [4.78, 5) is 5.09. The first-order valence-corrected chi connectivity index (χ1v) is 3.59. The minimum Gasteiger partial charge on any atom is -0.443 e. The van der Waals surface area contributed by atoms with Gasteiger partial charge in [0.2, 0.25) is 0 Å². The summed E-state index contributed by atoms with van der Waals surface area (Å²) in [6.45, 7) is 0. The van der Waals surface area contributed by atoms with Crippen LogP contribution in [0.5, 0.6) is 5.75 Å². The monoisotopic (exact) mass is 176 g/mol. The van der Waals surface area contributed by atoms with Crippen molar-refractivity contribution in [1.82, 2.24) is 5.48 Å². The number of nitriles is 1. The smallest absolute Gasteiger partial charge is 0.283 e. The van der Waals surface area contributed by atoms with Crippen LogP contribution in [0.2, 0.25) is 0 Å². The van der Waals surface area contributed by atoms with E-state index < -0.39 is 0 Å². The fraction of sp³-hybridized carbons (Fsp3) is 0. The molecule has 0 radical (unpaired) electrons. The third kappa shape index (κ3) is 2.42. The second-order valence-electron chi connectivity index (χ2n) is 2.19. The van der Waals surface area contributed by atoms with Crippen molar-refractivity contribution in [3.8, 4) is 12.0 Å². The molecule has 66 valence electrons. The van der Waals surface area contributed by atoms with Gasteiger partial charge in [-0.15, -0.1) is 0 Å². The lowest BCUT2D eigenvalue weighted by Gasteiger charge is -2.11. The second kappa shape index (κ2) is 4.67. The molecule has 1 aromatic rings. The number of aliphatic hydroxyl groups is 1. The number of hydroxylamine groups is 1. The van der Waals surface area contributed by atoms with Gasteiger partial charge < -0.3 is 9.94 Å². The van der Waals surface area contributed by atoms with E-state index in [1.165, 1.54) is 0 Å². The minimum atomic E-state index is 0.750. The largest absolute Gasteiger partial charge is 0.443 e. The van der Waals surface area contributed by atoms with Gasteiger partial charge >= 0.3 is 0 Å². The molecule has 1 aromatic carbocycles. The number of para-hydroxylation sites is 1. The lowest BCUT2D eigenvalue weighted by atomic mass is 10.2. The number of benzene rings is 1. The summed E-state index contributed by atoms with van der Waals surface area (Å²) in [5.41, 5.74) is 3.77. The van der Waals surface area contributed by atoms with Crippen molar-refractivity contribution in [2.24, 2.45) is 0 Å². The first-order chi connectivity index (χ1) is 6.38. The minimum absolute atomic E-state index is 0.750. The van der Waals surface area contributed by atoms with Gasteiger partial charge in [-0.25, -0.2) is 5.48 Å². The lowest BCUT2D eigenvalue weighted by molar-refractivity contribution is 0.239. The van der Waals surface area contributed by atoms with E-state index in [0.29, 0.717) is 0 Å². The van der Waals surface area contributed by atoms with E-state index >= 15 is 0 Å². The Morgan fingerprint density at radius 3 is 2.77 bits per heavy atom. The molecule has 0 bridgehead atoms. The van der Waals surface area contributed by atoms with Gasteiger partial charge in [-0.2, -0.15) is 5.26 Å². The highest BCUT2D eigenvalue weighted by Gasteiger charge is 2.01. The van der Waals surface area contributed by atoms with Gasteiger partial charge in [-0.05, 0) is 12.1 Å². The quantitative estimate of drug-likeness (QED) is 0.586. The number of nitrogens with zero attached hydrogens (tertiary/aromatic N) is 1. The normalized spacial score (nSPS) is 10.7. The Hall–Kier alpha value is -2.15. The SMILES string of the molecule is C1=Cc2ccccc2ON1.N#CO. The number of aliphatic hydroxyl groups excluding tert-OH is 1. The molecule has 1 aliphatic heterocycles. The zero-order valence-corrected chi connectivity index (χ0v) is 6.77. The molecule has 0 aliphatic carbocycles. The number of hydrogen-bond donors (Lipinski definition) is 2. The van der Waals surface area contributed by atoms with Crippen LogP contribution in [-0.2, 0) is 0 Å². The molecule has 0 atom stereocenters. The van der Waals surface area contributed by atoms with Crippen LogP contribution >= 0.6 is 0 Å². The highest BCUT2D eigenvalue weighted by Crippen LogP contribution is 2.20. The van der Waals surface area contributed by atoms with Gasteiger partial charge in [0.05, 0.1) is 0 Å². The van der Waals surface area contributed by atoms with Crippen LogP contribution in [0.15, 0.2) is 30.5 Å². The van der Waals surface area contributed by atoms with Crippen molar-refractivity contribution in [3.05, 3.63) is 36.0 Å². The maximum atomic E-state index is 6.88. The molecule has 2 N–H and O–H groups in total. The van der Waals surface area contributed by atoms with E-state index in [0.717, 1.165) is 17.6 Å². The number of nitrogens with one attached hydrogen (secondary N) is 1. The van der Waals surface area contributed by atoms with E-state index in [9.17, 15) is 0 Å². The lowest BCUT2D eigenvalue weighted by Crippen LogP contribution is -2.13. The summed E-state index contributed by atoms with van der Waals surface area (Å²) in [5.74, 6) is 0.880. The van der Waals surface area contributed by atoms with Crippen molar-refractivity contribution in [1.29, 1.82) is 5.26 Å². The standard InChI is InChI=1S/C8H7NO.CHNO/c1-2-4-8-7(3-1)5-6-9-10-8;2-1-3/h1-6,9H;3H. The summed E-state index contributed by atoms with van der Waals surface area (Å²) in [6, 6.07) is 7.86. The molecule has 4 heteroatoms.